The predicted octanol–water partition coefficient (Wildman–Crippen LogP) is 2.46. The maximum Gasteiger partial charge on any atom is 0.435 e. The number of fused-ring (bicyclic) bond motifs is 1. The van der Waals surface area contributed by atoms with Crippen molar-refractivity contribution >= 4 is 5.82 Å². The van der Waals surface area contributed by atoms with Crippen LogP contribution in [0.15, 0.2) is 18.2 Å². The van der Waals surface area contributed by atoms with Gasteiger partial charge in [0.05, 0.1) is 5.56 Å². The van der Waals surface area contributed by atoms with Crippen LogP contribution in [-0.2, 0) is 13.2 Å². The standard InChI is InChI=1S/C13H12F3N3O2/c1-19-12(17)10(11(18-19)13(14,15)16)7-2-3-8-9(6-7)21-5-4-20-8/h2-3,6H,4-5,17H2,1H3. The molecule has 1 aromatic heterocycles. The number of hydrogen-bond donors (Lipinski definition) is 1. The van der Waals surface area contributed by atoms with Crippen molar-refractivity contribution in [2.24, 2.45) is 7.05 Å². The van der Waals surface area contributed by atoms with Crippen molar-refractivity contribution in [3.8, 4) is 22.6 Å². The molecule has 0 saturated carbocycles. The second kappa shape index (κ2) is 4.57. The van der Waals surface area contributed by atoms with Gasteiger partial charge in [-0.2, -0.15) is 18.3 Å². The summed E-state index contributed by atoms with van der Waals surface area (Å²) in [5.41, 5.74) is 4.86. The Bertz CT molecular complexity index is 695. The molecule has 2 heterocycles. The van der Waals surface area contributed by atoms with Gasteiger partial charge in [0.15, 0.2) is 17.2 Å². The molecule has 3 rings (SSSR count). The fourth-order valence-corrected chi connectivity index (χ4v) is 2.22. The van der Waals surface area contributed by atoms with E-state index in [4.69, 9.17) is 15.2 Å². The van der Waals surface area contributed by atoms with E-state index < -0.39 is 11.9 Å². The molecule has 2 N–H and O–H groups in total. The summed E-state index contributed by atoms with van der Waals surface area (Å²) in [4.78, 5) is 0. The van der Waals surface area contributed by atoms with Gasteiger partial charge in [0, 0.05) is 7.05 Å². The van der Waals surface area contributed by atoms with Gasteiger partial charge in [-0.15, -0.1) is 0 Å². The van der Waals surface area contributed by atoms with Crippen LogP contribution in [0.5, 0.6) is 11.5 Å². The summed E-state index contributed by atoms with van der Waals surface area (Å²) in [5.74, 6) is 0.843. The van der Waals surface area contributed by atoms with E-state index in [0.29, 0.717) is 24.7 Å². The normalized spacial score (nSPS) is 14.3. The zero-order valence-corrected chi connectivity index (χ0v) is 11.1. The minimum atomic E-state index is -4.59. The fraction of sp³-hybridized carbons (Fsp3) is 0.308. The number of aromatic nitrogens is 2. The fourth-order valence-electron chi connectivity index (χ4n) is 2.22. The third-order valence-corrected chi connectivity index (χ3v) is 3.19. The van der Waals surface area contributed by atoms with Gasteiger partial charge in [-0.3, -0.25) is 4.68 Å². The summed E-state index contributed by atoms with van der Waals surface area (Å²) < 4.78 is 51.0. The van der Waals surface area contributed by atoms with Crippen LogP contribution in [0.25, 0.3) is 11.1 Å². The number of alkyl halides is 3. The molecule has 0 atom stereocenters. The quantitative estimate of drug-likeness (QED) is 0.878. The van der Waals surface area contributed by atoms with Gasteiger partial charge in [0.1, 0.15) is 19.0 Å². The molecule has 1 aromatic carbocycles. The predicted molar refractivity (Wildman–Crippen MR) is 69.0 cm³/mol. The highest BCUT2D eigenvalue weighted by molar-refractivity contribution is 5.78. The van der Waals surface area contributed by atoms with Gasteiger partial charge in [0.25, 0.3) is 0 Å². The average Bonchev–Trinajstić information content (AvgIpc) is 2.74. The second-order valence-electron chi connectivity index (χ2n) is 4.59. The molecule has 0 bridgehead atoms. The molecule has 0 radical (unpaired) electrons. The van der Waals surface area contributed by atoms with Crippen molar-refractivity contribution in [1.82, 2.24) is 9.78 Å². The third kappa shape index (κ3) is 2.26. The molecule has 21 heavy (non-hydrogen) atoms. The summed E-state index contributed by atoms with van der Waals surface area (Å²) in [7, 11) is 1.37. The lowest BCUT2D eigenvalue weighted by atomic mass is 10.0. The second-order valence-corrected chi connectivity index (χ2v) is 4.59. The highest BCUT2D eigenvalue weighted by atomic mass is 19.4. The summed E-state index contributed by atoms with van der Waals surface area (Å²) >= 11 is 0. The Morgan fingerprint density at radius 1 is 1.19 bits per heavy atom. The van der Waals surface area contributed by atoms with E-state index in [1.807, 2.05) is 0 Å². The lowest BCUT2D eigenvalue weighted by Crippen LogP contribution is -2.15. The number of ether oxygens (including phenoxy) is 2. The van der Waals surface area contributed by atoms with E-state index in [2.05, 4.69) is 5.10 Å². The molecule has 1 aliphatic rings. The number of halogens is 3. The molecule has 2 aromatic rings. The van der Waals surface area contributed by atoms with Crippen molar-refractivity contribution in [3.05, 3.63) is 23.9 Å². The lowest BCUT2D eigenvalue weighted by molar-refractivity contribution is -0.140. The first-order valence-electron chi connectivity index (χ1n) is 6.17. The van der Waals surface area contributed by atoms with Crippen LogP contribution in [0.2, 0.25) is 0 Å². The number of rotatable bonds is 1. The van der Waals surface area contributed by atoms with Crippen LogP contribution < -0.4 is 15.2 Å². The zero-order chi connectivity index (χ0) is 15.2. The molecule has 0 fully saturated rings. The van der Waals surface area contributed by atoms with Crippen LogP contribution >= 0.6 is 0 Å². The molecule has 0 unspecified atom stereocenters. The number of nitrogens with zero attached hydrogens (tertiary/aromatic N) is 2. The highest BCUT2D eigenvalue weighted by Crippen LogP contribution is 2.42. The minimum absolute atomic E-state index is 0.0565. The maximum absolute atomic E-state index is 13.1. The Hall–Kier alpha value is -2.38. The molecule has 112 valence electrons. The summed E-state index contributed by atoms with van der Waals surface area (Å²) in [6, 6.07) is 4.56. The molecule has 0 spiro atoms. The van der Waals surface area contributed by atoms with Crippen LogP contribution in [0.1, 0.15) is 5.69 Å². The van der Waals surface area contributed by atoms with Gasteiger partial charge >= 0.3 is 6.18 Å². The summed E-state index contributed by atoms with van der Waals surface area (Å²) in [6.07, 6.45) is -4.59. The molecule has 0 aliphatic carbocycles. The molecule has 1 aliphatic heterocycles. The van der Waals surface area contributed by atoms with Gasteiger partial charge in [-0.1, -0.05) is 6.07 Å². The largest absolute Gasteiger partial charge is 0.486 e. The Balaban J connectivity index is 2.16. The van der Waals surface area contributed by atoms with E-state index in [1.54, 1.807) is 6.07 Å². The molecule has 0 saturated heterocycles. The Labute approximate surface area is 118 Å². The van der Waals surface area contributed by atoms with E-state index in [0.717, 1.165) is 4.68 Å². The van der Waals surface area contributed by atoms with Crippen molar-refractivity contribution in [2.75, 3.05) is 18.9 Å². The number of anilines is 1. The highest BCUT2D eigenvalue weighted by Gasteiger charge is 2.39. The maximum atomic E-state index is 13.1. The summed E-state index contributed by atoms with van der Waals surface area (Å²) in [5, 5.41) is 3.46. The molecular formula is C13H12F3N3O2. The van der Waals surface area contributed by atoms with Crippen LogP contribution in [0.4, 0.5) is 19.0 Å². The third-order valence-electron chi connectivity index (χ3n) is 3.19. The van der Waals surface area contributed by atoms with Gasteiger partial charge < -0.3 is 15.2 Å². The van der Waals surface area contributed by atoms with Crippen molar-refractivity contribution in [2.45, 2.75) is 6.18 Å². The van der Waals surface area contributed by atoms with Crippen molar-refractivity contribution in [3.63, 3.8) is 0 Å². The van der Waals surface area contributed by atoms with Gasteiger partial charge in [-0.05, 0) is 17.7 Å². The Morgan fingerprint density at radius 3 is 2.52 bits per heavy atom. The number of benzene rings is 1. The van der Waals surface area contributed by atoms with Crippen LogP contribution in [-0.4, -0.2) is 23.0 Å². The first-order chi connectivity index (χ1) is 9.88. The average molecular weight is 299 g/mol. The topological polar surface area (TPSA) is 62.3 Å². The van der Waals surface area contributed by atoms with Crippen LogP contribution in [0, 0.1) is 0 Å². The molecule has 5 nitrogen and oxygen atoms in total. The number of hydrogen-bond acceptors (Lipinski definition) is 4. The smallest absolute Gasteiger partial charge is 0.435 e. The Morgan fingerprint density at radius 2 is 1.86 bits per heavy atom. The number of nitrogens with two attached hydrogens (primary N) is 1. The van der Waals surface area contributed by atoms with E-state index >= 15 is 0 Å². The first-order valence-corrected chi connectivity index (χ1v) is 6.17. The Kier molecular flexibility index (Phi) is 2.96. The molecule has 0 amide bonds. The minimum Gasteiger partial charge on any atom is -0.486 e. The van der Waals surface area contributed by atoms with E-state index in [1.165, 1.54) is 19.2 Å². The number of nitrogen functional groups attached to an aromatic ring is 1. The van der Waals surface area contributed by atoms with Crippen LogP contribution in [0.3, 0.4) is 0 Å². The van der Waals surface area contributed by atoms with E-state index in [-0.39, 0.29) is 16.9 Å². The monoisotopic (exact) mass is 299 g/mol. The van der Waals surface area contributed by atoms with Gasteiger partial charge in [0.2, 0.25) is 0 Å². The molecular weight excluding hydrogens is 287 g/mol. The van der Waals surface area contributed by atoms with Gasteiger partial charge in [-0.25, -0.2) is 0 Å². The number of aryl methyl sites for hydroxylation is 1. The van der Waals surface area contributed by atoms with Crippen molar-refractivity contribution in [1.29, 1.82) is 0 Å². The molecule has 8 heteroatoms. The summed E-state index contributed by atoms with van der Waals surface area (Å²) in [6.45, 7) is 0.764. The first kappa shape index (κ1) is 13.6. The van der Waals surface area contributed by atoms with E-state index in [9.17, 15) is 13.2 Å². The SMILES string of the molecule is Cn1nc(C(F)(F)F)c(-c2ccc3c(c2)OCCO3)c1N. The lowest BCUT2D eigenvalue weighted by Gasteiger charge is -2.19. The van der Waals surface area contributed by atoms with Crippen molar-refractivity contribution < 1.29 is 22.6 Å². The zero-order valence-electron chi connectivity index (χ0n) is 11.1.